The third kappa shape index (κ3) is 9.15. The molecule has 0 saturated carbocycles. The van der Waals surface area contributed by atoms with E-state index >= 15 is 0 Å². The minimum atomic E-state index is -0.239. The van der Waals surface area contributed by atoms with Gasteiger partial charge in [-0.2, -0.15) is 0 Å². The molecule has 0 saturated heterocycles. The van der Waals surface area contributed by atoms with Crippen LogP contribution < -0.4 is 10.6 Å². The molecule has 214 valence electrons. The van der Waals surface area contributed by atoms with Gasteiger partial charge in [-0.25, -0.2) is 4.98 Å². The number of anilines is 2. The third-order valence-electron chi connectivity index (χ3n) is 7.26. The molecule has 0 unspecified atom stereocenters. The number of fused-ring (bicyclic) bond motifs is 1. The van der Waals surface area contributed by atoms with E-state index in [1.807, 2.05) is 73.7 Å². The van der Waals surface area contributed by atoms with Gasteiger partial charge in [0.1, 0.15) is 0 Å². The summed E-state index contributed by atoms with van der Waals surface area (Å²) in [6, 6.07) is 22.4. The normalized spacial score (nSPS) is 11.0. The Morgan fingerprint density at radius 1 is 0.756 bits per heavy atom. The van der Waals surface area contributed by atoms with Crippen LogP contribution in [0.3, 0.4) is 0 Å². The van der Waals surface area contributed by atoms with E-state index in [1.165, 1.54) is 44.9 Å². The fraction of sp³-hybridized carbons (Fsp3) is 0.343. The second-order valence-electron chi connectivity index (χ2n) is 10.7. The molecule has 0 aliphatic heterocycles. The first-order chi connectivity index (χ1) is 19.9. The van der Waals surface area contributed by atoms with Gasteiger partial charge in [0.15, 0.2) is 0 Å². The summed E-state index contributed by atoms with van der Waals surface area (Å²) < 4.78 is 0. The predicted octanol–water partition coefficient (Wildman–Crippen LogP) is 9.98. The van der Waals surface area contributed by atoms with Crippen LogP contribution in [0.5, 0.6) is 0 Å². The van der Waals surface area contributed by atoms with Gasteiger partial charge < -0.3 is 10.6 Å². The van der Waals surface area contributed by atoms with Crippen molar-refractivity contribution >= 4 is 45.7 Å². The molecule has 4 aromatic rings. The molecule has 0 bridgehead atoms. The van der Waals surface area contributed by atoms with Crippen molar-refractivity contribution in [1.82, 2.24) is 4.98 Å². The van der Waals surface area contributed by atoms with E-state index in [9.17, 15) is 9.59 Å². The van der Waals surface area contributed by atoms with Crippen LogP contribution in [0.15, 0.2) is 72.8 Å². The second kappa shape index (κ2) is 15.3. The van der Waals surface area contributed by atoms with Crippen molar-refractivity contribution in [3.8, 4) is 11.3 Å². The molecule has 0 aliphatic rings. The van der Waals surface area contributed by atoms with Gasteiger partial charge in [0.25, 0.3) is 5.91 Å². The van der Waals surface area contributed by atoms with Crippen LogP contribution in [0.1, 0.15) is 87.1 Å². The molecule has 41 heavy (non-hydrogen) atoms. The largest absolute Gasteiger partial charge is 0.326 e. The molecule has 3 aromatic carbocycles. The van der Waals surface area contributed by atoms with Gasteiger partial charge in [-0.05, 0) is 61.9 Å². The Morgan fingerprint density at radius 2 is 1.41 bits per heavy atom. The fourth-order valence-corrected chi connectivity index (χ4v) is 5.11. The van der Waals surface area contributed by atoms with Gasteiger partial charge in [-0.15, -0.1) is 0 Å². The lowest BCUT2D eigenvalue weighted by molar-refractivity contribution is -0.116. The molecule has 1 heterocycles. The number of rotatable bonds is 14. The summed E-state index contributed by atoms with van der Waals surface area (Å²) in [7, 11) is 0. The number of hydrogen-bond donors (Lipinski definition) is 2. The van der Waals surface area contributed by atoms with Crippen molar-refractivity contribution < 1.29 is 9.59 Å². The summed E-state index contributed by atoms with van der Waals surface area (Å²) in [6.45, 7) is 4.23. The molecule has 0 radical (unpaired) electrons. The number of carbonyl (C=O) groups excluding carboxylic acids is 2. The SMILES string of the molecule is CCCCCCCCCCCC(=O)Nc1cccc(NC(=O)c2cc(-c3ccc(Cl)cc3)nc3ccc(C)cc23)c1. The number of amides is 2. The van der Waals surface area contributed by atoms with E-state index in [4.69, 9.17) is 16.6 Å². The second-order valence-corrected chi connectivity index (χ2v) is 11.2. The Labute approximate surface area is 248 Å². The van der Waals surface area contributed by atoms with Crippen LogP contribution in [-0.4, -0.2) is 16.8 Å². The van der Waals surface area contributed by atoms with Crippen LogP contribution in [-0.2, 0) is 4.79 Å². The van der Waals surface area contributed by atoms with Gasteiger partial charge in [0, 0.05) is 33.8 Å². The number of nitrogens with one attached hydrogen (secondary N) is 2. The molecule has 2 amide bonds. The van der Waals surface area contributed by atoms with Crippen LogP contribution in [0.2, 0.25) is 5.02 Å². The van der Waals surface area contributed by atoms with Gasteiger partial charge in [-0.3, -0.25) is 9.59 Å². The zero-order valence-electron chi connectivity index (χ0n) is 24.1. The van der Waals surface area contributed by atoms with Crippen LogP contribution in [0.4, 0.5) is 11.4 Å². The highest BCUT2D eigenvalue weighted by molar-refractivity contribution is 6.30. The maximum atomic E-state index is 13.6. The van der Waals surface area contributed by atoms with Gasteiger partial charge in [0.05, 0.1) is 16.8 Å². The quantitative estimate of drug-likeness (QED) is 0.148. The summed E-state index contributed by atoms with van der Waals surface area (Å²) in [6.07, 6.45) is 11.5. The Balaban J connectivity index is 1.38. The molecule has 0 fully saturated rings. The Bertz CT molecular complexity index is 1470. The number of carbonyl (C=O) groups is 2. The van der Waals surface area contributed by atoms with E-state index in [-0.39, 0.29) is 11.8 Å². The van der Waals surface area contributed by atoms with Crippen LogP contribution in [0, 0.1) is 6.92 Å². The lowest BCUT2D eigenvalue weighted by Crippen LogP contribution is -2.14. The summed E-state index contributed by atoms with van der Waals surface area (Å²) >= 11 is 6.08. The lowest BCUT2D eigenvalue weighted by atomic mass is 10.0. The number of halogens is 1. The third-order valence-corrected chi connectivity index (χ3v) is 7.51. The maximum Gasteiger partial charge on any atom is 0.256 e. The number of aromatic nitrogens is 1. The predicted molar refractivity (Wildman–Crippen MR) is 172 cm³/mol. The number of aryl methyl sites for hydroxylation is 1. The highest BCUT2D eigenvalue weighted by Gasteiger charge is 2.15. The van der Waals surface area contributed by atoms with E-state index in [0.29, 0.717) is 34.1 Å². The van der Waals surface area contributed by atoms with Crippen molar-refractivity contribution in [2.24, 2.45) is 0 Å². The summed E-state index contributed by atoms with van der Waals surface area (Å²) in [5, 5.41) is 7.42. The van der Waals surface area contributed by atoms with Crippen molar-refractivity contribution in [3.63, 3.8) is 0 Å². The van der Waals surface area contributed by atoms with Crippen molar-refractivity contribution in [2.45, 2.75) is 78.1 Å². The number of pyridine rings is 1. The Hall–Kier alpha value is -3.70. The average Bonchev–Trinajstić information content (AvgIpc) is 2.96. The first-order valence-corrected chi connectivity index (χ1v) is 15.2. The average molecular weight is 570 g/mol. The molecular formula is C35H40ClN3O2. The van der Waals surface area contributed by atoms with Crippen molar-refractivity contribution in [3.05, 3.63) is 88.9 Å². The van der Waals surface area contributed by atoms with Crippen molar-refractivity contribution in [1.29, 1.82) is 0 Å². The summed E-state index contributed by atoms with van der Waals surface area (Å²) in [4.78, 5) is 30.9. The van der Waals surface area contributed by atoms with E-state index in [2.05, 4.69) is 17.6 Å². The molecule has 0 atom stereocenters. The van der Waals surface area contributed by atoms with Crippen LogP contribution >= 0.6 is 11.6 Å². The van der Waals surface area contributed by atoms with Crippen molar-refractivity contribution in [2.75, 3.05) is 10.6 Å². The topological polar surface area (TPSA) is 71.1 Å². The summed E-state index contributed by atoms with van der Waals surface area (Å²) in [5.74, 6) is -0.240. The minimum Gasteiger partial charge on any atom is -0.326 e. The molecule has 0 aliphatic carbocycles. The van der Waals surface area contributed by atoms with Gasteiger partial charge in [0.2, 0.25) is 5.91 Å². The van der Waals surface area contributed by atoms with Crippen LogP contribution in [0.25, 0.3) is 22.2 Å². The number of unbranched alkanes of at least 4 members (excludes halogenated alkanes) is 8. The van der Waals surface area contributed by atoms with E-state index < -0.39 is 0 Å². The van der Waals surface area contributed by atoms with E-state index in [0.717, 1.165) is 34.9 Å². The summed E-state index contributed by atoms with van der Waals surface area (Å²) in [5.41, 5.74) is 5.17. The molecular weight excluding hydrogens is 530 g/mol. The standard InChI is InChI=1S/C35H40ClN3O2/c1-3-4-5-6-7-8-9-10-11-15-34(40)37-28-13-12-14-29(23-28)38-35(41)31-24-33(26-17-19-27(36)20-18-26)39-32-21-16-25(2)22-30(31)32/h12-14,16-24H,3-11,15H2,1-2H3,(H,37,40)(H,38,41). The first-order valence-electron chi connectivity index (χ1n) is 14.8. The highest BCUT2D eigenvalue weighted by Crippen LogP contribution is 2.28. The minimum absolute atomic E-state index is 0.000341. The van der Waals surface area contributed by atoms with Gasteiger partial charge in [-0.1, -0.05) is 99.7 Å². The number of nitrogens with zero attached hydrogens (tertiary/aromatic N) is 1. The van der Waals surface area contributed by atoms with E-state index in [1.54, 1.807) is 6.07 Å². The highest BCUT2D eigenvalue weighted by atomic mass is 35.5. The fourth-order valence-electron chi connectivity index (χ4n) is 4.99. The lowest BCUT2D eigenvalue weighted by Gasteiger charge is -2.12. The first kappa shape index (κ1) is 30.3. The molecule has 4 rings (SSSR count). The smallest absolute Gasteiger partial charge is 0.256 e. The number of benzene rings is 3. The monoisotopic (exact) mass is 569 g/mol. The zero-order valence-corrected chi connectivity index (χ0v) is 24.9. The number of hydrogen-bond acceptors (Lipinski definition) is 3. The molecule has 0 spiro atoms. The van der Waals surface area contributed by atoms with Gasteiger partial charge >= 0.3 is 0 Å². The maximum absolute atomic E-state index is 13.6. The molecule has 1 aromatic heterocycles. The Morgan fingerprint density at radius 3 is 2.12 bits per heavy atom. The zero-order chi connectivity index (χ0) is 29.0. The Kier molecular flexibility index (Phi) is 11.3. The molecule has 2 N–H and O–H groups in total. The molecule has 6 heteroatoms. The molecule has 5 nitrogen and oxygen atoms in total.